The molecule has 3 rings (SSSR count). The molecule has 0 aliphatic rings. The number of carbonyl (C=O) groups excluding carboxylic acids is 1. The molecule has 1 aromatic heterocycles. The van der Waals surface area contributed by atoms with Crippen LogP contribution in [0.4, 0.5) is 5.69 Å². The average Bonchev–Trinajstić information content (AvgIpc) is 3.02. The van der Waals surface area contributed by atoms with Gasteiger partial charge in [0.1, 0.15) is 23.5 Å². The predicted octanol–water partition coefficient (Wildman–Crippen LogP) is 4.64. The van der Waals surface area contributed by atoms with Gasteiger partial charge < -0.3 is 13.9 Å². The van der Waals surface area contributed by atoms with Crippen molar-refractivity contribution in [3.63, 3.8) is 0 Å². The molecule has 0 aliphatic heterocycles. The average molecular weight is 446 g/mol. The molecule has 3 aromatic rings. The zero-order chi connectivity index (χ0) is 22.8. The first-order chi connectivity index (χ1) is 14.5. The van der Waals surface area contributed by atoms with E-state index in [-0.39, 0.29) is 29.1 Å². The van der Waals surface area contributed by atoms with Gasteiger partial charge in [0.25, 0.3) is 10.0 Å². The van der Waals surface area contributed by atoms with Gasteiger partial charge in [0.05, 0.1) is 11.5 Å². The van der Waals surface area contributed by atoms with Crippen LogP contribution >= 0.6 is 0 Å². The largest absolute Gasteiger partial charge is 0.460 e. The predicted molar refractivity (Wildman–Crippen MR) is 119 cm³/mol. The summed E-state index contributed by atoms with van der Waals surface area (Å²) in [4.78, 5) is 12.6. The second kappa shape index (κ2) is 8.72. The third kappa shape index (κ3) is 5.08. The van der Waals surface area contributed by atoms with Gasteiger partial charge in [-0.05, 0) is 48.2 Å². The van der Waals surface area contributed by atoms with E-state index in [4.69, 9.17) is 13.9 Å². The number of methoxy groups -OCH3 is 1. The minimum atomic E-state index is -3.80. The second-order valence-electron chi connectivity index (χ2n) is 8.25. The Morgan fingerprint density at radius 2 is 1.74 bits per heavy atom. The Hall–Kier alpha value is -2.84. The van der Waals surface area contributed by atoms with Gasteiger partial charge in [-0.15, -0.1) is 0 Å². The van der Waals surface area contributed by atoms with Gasteiger partial charge in [0.2, 0.25) is 0 Å². The number of furan rings is 1. The van der Waals surface area contributed by atoms with Crippen LogP contribution in [0.5, 0.6) is 0 Å². The fraction of sp³-hybridized carbons (Fsp3) is 0.348. The van der Waals surface area contributed by atoms with Crippen molar-refractivity contribution in [2.75, 3.05) is 25.0 Å². The van der Waals surface area contributed by atoms with E-state index >= 15 is 0 Å². The van der Waals surface area contributed by atoms with Crippen molar-refractivity contribution in [3.8, 4) is 0 Å². The smallest absolute Gasteiger partial charge is 0.342 e. The van der Waals surface area contributed by atoms with E-state index in [0.717, 1.165) is 5.56 Å². The Bertz CT molecular complexity index is 1190. The first kappa shape index (κ1) is 22.8. The summed E-state index contributed by atoms with van der Waals surface area (Å²) in [5, 5.41) is 0.475. The third-order valence-corrected chi connectivity index (χ3v) is 6.27. The van der Waals surface area contributed by atoms with Crippen molar-refractivity contribution >= 4 is 32.6 Å². The van der Waals surface area contributed by atoms with Gasteiger partial charge in [-0.2, -0.15) is 0 Å². The van der Waals surface area contributed by atoms with E-state index in [1.165, 1.54) is 7.11 Å². The highest BCUT2D eigenvalue weighted by Gasteiger charge is 2.22. The molecule has 0 aliphatic carbocycles. The number of aryl methyl sites for hydroxylation is 1. The molecule has 0 saturated heterocycles. The van der Waals surface area contributed by atoms with Gasteiger partial charge in [0.15, 0.2) is 0 Å². The van der Waals surface area contributed by atoms with Gasteiger partial charge in [-0.1, -0.05) is 32.9 Å². The maximum Gasteiger partial charge on any atom is 0.342 e. The monoisotopic (exact) mass is 445 g/mol. The Balaban J connectivity index is 1.89. The molecule has 0 spiro atoms. The minimum Gasteiger partial charge on any atom is -0.460 e. The summed E-state index contributed by atoms with van der Waals surface area (Å²) in [6, 6.07) is 11.6. The van der Waals surface area contributed by atoms with Crippen molar-refractivity contribution in [3.05, 3.63) is 59.4 Å². The van der Waals surface area contributed by atoms with Crippen LogP contribution in [0.15, 0.2) is 51.8 Å². The third-order valence-electron chi connectivity index (χ3n) is 4.87. The number of carbonyl (C=O) groups is 1. The molecule has 0 saturated carbocycles. The molecule has 1 N–H and O–H groups in total. The summed E-state index contributed by atoms with van der Waals surface area (Å²) in [5.74, 6) is -0.152. The molecular weight excluding hydrogens is 418 g/mol. The molecular formula is C23H27NO6S. The van der Waals surface area contributed by atoms with Crippen LogP contribution in [0.2, 0.25) is 0 Å². The van der Waals surface area contributed by atoms with Crippen LogP contribution in [-0.4, -0.2) is 34.7 Å². The molecule has 0 atom stereocenters. The fourth-order valence-electron chi connectivity index (χ4n) is 3.18. The van der Waals surface area contributed by atoms with Crippen LogP contribution < -0.4 is 4.72 Å². The zero-order valence-corrected chi connectivity index (χ0v) is 19.1. The van der Waals surface area contributed by atoms with Crippen molar-refractivity contribution in [1.29, 1.82) is 0 Å². The molecule has 2 aromatic carbocycles. The van der Waals surface area contributed by atoms with E-state index in [1.807, 2.05) is 12.1 Å². The van der Waals surface area contributed by atoms with Gasteiger partial charge in [-0.3, -0.25) is 4.72 Å². The standard InChI is InChI=1S/C23H27NO6S/c1-15-21(22(25)29-13-12-28-5)19-14-17(8-11-20(19)30-15)24-31(26,27)18-9-6-16(7-10-18)23(2,3)4/h6-11,14,24H,12-13H2,1-5H3. The summed E-state index contributed by atoms with van der Waals surface area (Å²) >= 11 is 0. The van der Waals surface area contributed by atoms with E-state index in [1.54, 1.807) is 37.3 Å². The summed E-state index contributed by atoms with van der Waals surface area (Å²) in [7, 11) is -2.29. The highest BCUT2D eigenvalue weighted by Crippen LogP contribution is 2.30. The van der Waals surface area contributed by atoms with Crippen LogP contribution in [-0.2, 0) is 24.9 Å². The maximum absolute atomic E-state index is 12.9. The minimum absolute atomic E-state index is 0.0752. The van der Waals surface area contributed by atoms with E-state index in [9.17, 15) is 13.2 Å². The van der Waals surface area contributed by atoms with Gasteiger partial charge >= 0.3 is 5.97 Å². The second-order valence-corrected chi connectivity index (χ2v) is 9.94. The van der Waals surface area contributed by atoms with E-state index in [2.05, 4.69) is 25.5 Å². The number of rotatable bonds is 7. The Morgan fingerprint density at radius 3 is 2.35 bits per heavy atom. The number of benzene rings is 2. The molecule has 0 amide bonds. The number of hydrogen-bond acceptors (Lipinski definition) is 6. The van der Waals surface area contributed by atoms with Crippen molar-refractivity contribution < 1.29 is 27.1 Å². The molecule has 166 valence electrons. The molecule has 7 nitrogen and oxygen atoms in total. The van der Waals surface area contributed by atoms with Crippen LogP contribution in [0.1, 0.15) is 42.5 Å². The quantitative estimate of drug-likeness (QED) is 0.420. The van der Waals surface area contributed by atoms with E-state index < -0.39 is 16.0 Å². The highest BCUT2D eigenvalue weighted by atomic mass is 32.2. The summed E-state index contributed by atoms with van der Waals surface area (Å²) in [5.41, 5.74) is 2.02. The maximum atomic E-state index is 12.9. The number of ether oxygens (including phenoxy) is 2. The highest BCUT2D eigenvalue weighted by molar-refractivity contribution is 7.92. The lowest BCUT2D eigenvalue weighted by atomic mass is 9.87. The number of fused-ring (bicyclic) bond motifs is 1. The molecule has 0 unspecified atom stereocenters. The summed E-state index contributed by atoms with van der Waals surface area (Å²) < 4.78 is 44.0. The van der Waals surface area contributed by atoms with Gasteiger partial charge in [-0.25, -0.2) is 13.2 Å². The van der Waals surface area contributed by atoms with Crippen molar-refractivity contribution in [2.45, 2.75) is 38.0 Å². The SMILES string of the molecule is COCCOC(=O)c1c(C)oc2ccc(NS(=O)(=O)c3ccc(C(C)(C)C)cc3)cc12. The van der Waals surface area contributed by atoms with Crippen molar-refractivity contribution in [2.24, 2.45) is 0 Å². The molecule has 1 heterocycles. The summed E-state index contributed by atoms with van der Waals surface area (Å²) in [6.07, 6.45) is 0. The lowest BCUT2D eigenvalue weighted by molar-refractivity contribution is 0.0388. The van der Waals surface area contributed by atoms with Crippen molar-refractivity contribution in [1.82, 2.24) is 0 Å². The number of nitrogens with one attached hydrogen (secondary N) is 1. The molecule has 0 fully saturated rings. The summed E-state index contributed by atoms with van der Waals surface area (Å²) in [6.45, 7) is 8.24. The van der Waals surface area contributed by atoms with Crippen LogP contribution in [0, 0.1) is 6.92 Å². The van der Waals surface area contributed by atoms with Crippen LogP contribution in [0.25, 0.3) is 11.0 Å². The lowest BCUT2D eigenvalue weighted by Gasteiger charge is -2.19. The fourth-order valence-corrected chi connectivity index (χ4v) is 4.22. The Morgan fingerprint density at radius 1 is 1.06 bits per heavy atom. The first-order valence-electron chi connectivity index (χ1n) is 9.85. The zero-order valence-electron chi connectivity index (χ0n) is 18.3. The molecule has 0 radical (unpaired) electrons. The Labute approximate surface area is 182 Å². The molecule has 31 heavy (non-hydrogen) atoms. The van der Waals surface area contributed by atoms with Gasteiger partial charge in [0, 0.05) is 18.2 Å². The number of sulfonamides is 1. The molecule has 8 heteroatoms. The normalized spacial score (nSPS) is 12.2. The number of anilines is 1. The van der Waals surface area contributed by atoms with Crippen LogP contribution in [0.3, 0.4) is 0 Å². The number of hydrogen-bond donors (Lipinski definition) is 1. The lowest BCUT2D eigenvalue weighted by Crippen LogP contribution is -2.15. The topological polar surface area (TPSA) is 94.8 Å². The number of esters is 1. The molecule has 0 bridgehead atoms. The Kier molecular flexibility index (Phi) is 6.43. The first-order valence-corrected chi connectivity index (χ1v) is 11.3. The van der Waals surface area contributed by atoms with E-state index in [0.29, 0.717) is 22.4 Å².